The van der Waals surface area contributed by atoms with Gasteiger partial charge in [0, 0.05) is 23.4 Å². The first-order chi connectivity index (χ1) is 9.69. The van der Waals surface area contributed by atoms with Crippen molar-refractivity contribution in [3.8, 4) is 11.4 Å². The first-order valence-electron chi connectivity index (χ1n) is 7.40. The van der Waals surface area contributed by atoms with Crippen LogP contribution in [0.15, 0.2) is 18.2 Å². The lowest BCUT2D eigenvalue weighted by Crippen LogP contribution is -2.06. The van der Waals surface area contributed by atoms with Gasteiger partial charge in [-0.3, -0.25) is 0 Å². The molecule has 0 saturated heterocycles. The summed E-state index contributed by atoms with van der Waals surface area (Å²) in [5, 5.41) is 3.39. The first-order valence-corrected chi connectivity index (χ1v) is 7.40. The maximum atomic E-state index is 4.79. The van der Waals surface area contributed by atoms with Crippen LogP contribution < -0.4 is 5.32 Å². The molecular weight excluding hydrogens is 246 g/mol. The fourth-order valence-corrected chi connectivity index (χ4v) is 2.76. The van der Waals surface area contributed by atoms with Crippen molar-refractivity contribution in [2.75, 3.05) is 11.9 Å². The Balaban J connectivity index is 2.09. The Morgan fingerprint density at radius 3 is 2.70 bits per heavy atom. The van der Waals surface area contributed by atoms with Crippen molar-refractivity contribution in [2.24, 2.45) is 0 Å². The molecule has 3 nitrogen and oxygen atoms in total. The van der Waals surface area contributed by atoms with E-state index in [9.17, 15) is 0 Å². The summed E-state index contributed by atoms with van der Waals surface area (Å²) >= 11 is 0. The van der Waals surface area contributed by atoms with Crippen molar-refractivity contribution in [1.29, 1.82) is 0 Å². The number of hydrogen-bond donors (Lipinski definition) is 1. The van der Waals surface area contributed by atoms with E-state index in [0.29, 0.717) is 0 Å². The van der Waals surface area contributed by atoms with Crippen molar-refractivity contribution in [1.82, 2.24) is 9.97 Å². The molecule has 1 heterocycles. The Kier molecular flexibility index (Phi) is 3.43. The van der Waals surface area contributed by atoms with Crippen LogP contribution in [0.3, 0.4) is 0 Å². The highest BCUT2D eigenvalue weighted by molar-refractivity contribution is 5.62. The van der Waals surface area contributed by atoms with Crippen LogP contribution in [-0.2, 0) is 12.8 Å². The lowest BCUT2D eigenvalue weighted by atomic mass is 10.1. The molecule has 0 atom stereocenters. The van der Waals surface area contributed by atoms with Gasteiger partial charge in [0.25, 0.3) is 0 Å². The largest absolute Gasteiger partial charge is 0.370 e. The first kappa shape index (κ1) is 13.1. The third-order valence-electron chi connectivity index (χ3n) is 4.04. The number of anilines is 1. The molecule has 0 amide bonds. The molecule has 0 radical (unpaired) electrons. The minimum absolute atomic E-state index is 0.852. The molecule has 104 valence electrons. The molecule has 0 bridgehead atoms. The second-order valence-corrected chi connectivity index (χ2v) is 5.50. The number of nitrogens with one attached hydrogen (secondary N) is 1. The Morgan fingerprint density at radius 1 is 1.10 bits per heavy atom. The fraction of sp³-hybridized carbons (Fsp3) is 0.412. The molecular formula is C17H21N3. The molecule has 0 fully saturated rings. The zero-order chi connectivity index (χ0) is 14.1. The highest BCUT2D eigenvalue weighted by Gasteiger charge is 2.19. The SMILES string of the molecule is CCNc1nc(-c2ccc(C)c(C)c2)nc2c1CCC2. The molecule has 0 unspecified atom stereocenters. The fourth-order valence-electron chi connectivity index (χ4n) is 2.76. The third-order valence-corrected chi connectivity index (χ3v) is 4.04. The summed E-state index contributed by atoms with van der Waals surface area (Å²) in [6, 6.07) is 6.45. The van der Waals surface area contributed by atoms with E-state index in [1.165, 1.54) is 28.8 Å². The predicted octanol–water partition coefficient (Wildman–Crippen LogP) is 3.68. The third kappa shape index (κ3) is 2.28. The van der Waals surface area contributed by atoms with Gasteiger partial charge < -0.3 is 5.32 Å². The van der Waals surface area contributed by atoms with E-state index in [1.54, 1.807) is 0 Å². The zero-order valence-corrected chi connectivity index (χ0v) is 12.5. The van der Waals surface area contributed by atoms with Gasteiger partial charge in [-0.05, 0) is 57.2 Å². The second kappa shape index (κ2) is 5.23. The zero-order valence-electron chi connectivity index (χ0n) is 12.5. The van der Waals surface area contributed by atoms with Gasteiger partial charge in [0.1, 0.15) is 5.82 Å². The van der Waals surface area contributed by atoms with Crippen LogP contribution in [0.25, 0.3) is 11.4 Å². The number of rotatable bonds is 3. The van der Waals surface area contributed by atoms with Crippen molar-refractivity contribution in [2.45, 2.75) is 40.0 Å². The standard InChI is InChI=1S/C17H21N3/c1-4-18-17-14-6-5-7-15(14)19-16(20-17)13-9-8-11(2)12(3)10-13/h8-10H,4-7H2,1-3H3,(H,18,19,20). The molecule has 0 spiro atoms. The van der Waals surface area contributed by atoms with Crippen molar-refractivity contribution in [3.05, 3.63) is 40.6 Å². The molecule has 1 N–H and O–H groups in total. The van der Waals surface area contributed by atoms with E-state index in [2.05, 4.69) is 44.3 Å². The Morgan fingerprint density at radius 2 is 1.95 bits per heavy atom. The van der Waals surface area contributed by atoms with Crippen LogP contribution in [0.1, 0.15) is 35.7 Å². The van der Waals surface area contributed by atoms with E-state index in [-0.39, 0.29) is 0 Å². The molecule has 2 aromatic rings. The van der Waals surface area contributed by atoms with E-state index in [4.69, 9.17) is 9.97 Å². The van der Waals surface area contributed by atoms with E-state index < -0.39 is 0 Å². The van der Waals surface area contributed by atoms with Gasteiger partial charge in [-0.2, -0.15) is 0 Å². The quantitative estimate of drug-likeness (QED) is 0.921. The molecule has 1 aromatic heterocycles. The monoisotopic (exact) mass is 267 g/mol. The van der Waals surface area contributed by atoms with Crippen molar-refractivity contribution < 1.29 is 0 Å². The number of nitrogens with zero attached hydrogens (tertiary/aromatic N) is 2. The lowest BCUT2D eigenvalue weighted by Gasteiger charge is -2.11. The average Bonchev–Trinajstić information content (AvgIpc) is 2.90. The number of fused-ring (bicyclic) bond motifs is 1. The molecule has 0 saturated carbocycles. The minimum Gasteiger partial charge on any atom is -0.370 e. The highest BCUT2D eigenvalue weighted by Crippen LogP contribution is 2.29. The molecule has 3 rings (SSSR count). The average molecular weight is 267 g/mol. The number of aromatic nitrogens is 2. The summed E-state index contributed by atoms with van der Waals surface area (Å²) in [6.07, 6.45) is 3.37. The van der Waals surface area contributed by atoms with Gasteiger partial charge in [0.15, 0.2) is 5.82 Å². The summed E-state index contributed by atoms with van der Waals surface area (Å²) in [4.78, 5) is 9.54. The molecule has 3 heteroatoms. The second-order valence-electron chi connectivity index (χ2n) is 5.50. The van der Waals surface area contributed by atoms with Crippen LogP contribution in [-0.4, -0.2) is 16.5 Å². The van der Waals surface area contributed by atoms with Crippen LogP contribution >= 0.6 is 0 Å². The van der Waals surface area contributed by atoms with Crippen LogP contribution in [0.2, 0.25) is 0 Å². The maximum Gasteiger partial charge on any atom is 0.161 e. The van der Waals surface area contributed by atoms with Gasteiger partial charge in [0.05, 0.1) is 0 Å². The Bertz CT molecular complexity index is 647. The number of hydrogen-bond acceptors (Lipinski definition) is 3. The summed E-state index contributed by atoms with van der Waals surface area (Å²) in [5.41, 5.74) is 6.25. The number of aryl methyl sites for hydroxylation is 3. The van der Waals surface area contributed by atoms with Crippen LogP contribution in [0.5, 0.6) is 0 Å². The molecule has 1 aromatic carbocycles. The topological polar surface area (TPSA) is 37.8 Å². The van der Waals surface area contributed by atoms with Gasteiger partial charge in [-0.15, -0.1) is 0 Å². The molecule has 0 aliphatic heterocycles. The molecule has 1 aliphatic rings. The van der Waals surface area contributed by atoms with Gasteiger partial charge >= 0.3 is 0 Å². The smallest absolute Gasteiger partial charge is 0.161 e. The van der Waals surface area contributed by atoms with Crippen molar-refractivity contribution >= 4 is 5.82 Å². The summed E-state index contributed by atoms with van der Waals surface area (Å²) in [5.74, 6) is 1.88. The van der Waals surface area contributed by atoms with E-state index in [1.807, 2.05) is 0 Å². The predicted molar refractivity (Wildman–Crippen MR) is 83.1 cm³/mol. The maximum absolute atomic E-state index is 4.79. The summed E-state index contributed by atoms with van der Waals surface area (Å²) in [6.45, 7) is 7.28. The summed E-state index contributed by atoms with van der Waals surface area (Å²) < 4.78 is 0. The Labute approximate surface area is 120 Å². The van der Waals surface area contributed by atoms with Crippen LogP contribution in [0.4, 0.5) is 5.82 Å². The van der Waals surface area contributed by atoms with Gasteiger partial charge in [-0.25, -0.2) is 9.97 Å². The van der Waals surface area contributed by atoms with Gasteiger partial charge in [-0.1, -0.05) is 12.1 Å². The normalized spacial score (nSPS) is 13.3. The van der Waals surface area contributed by atoms with Crippen LogP contribution in [0, 0.1) is 13.8 Å². The van der Waals surface area contributed by atoms with E-state index >= 15 is 0 Å². The molecule has 20 heavy (non-hydrogen) atoms. The lowest BCUT2D eigenvalue weighted by molar-refractivity contribution is 0.900. The molecule has 1 aliphatic carbocycles. The van der Waals surface area contributed by atoms with Crippen molar-refractivity contribution in [3.63, 3.8) is 0 Å². The Hall–Kier alpha value is -1.90. The minimum atomic E-state index is 0.852. The highest BCUT2D eigenvalue weighted by atomic mass is 15.0. The van der Waals surface area contributed by atoms with E-state index in [0.717, 1.165) is 36.6 Å². The number of benzene rings is 1. The van der Waals surface area contributed by atoms with Gasteiger partial charge in [0.2, 0.25) is 0 Å². The summed E-state index contributed by atoms with van der Waals surface area (Å²) in [7, 11) is 0.